The molecule has 0 spiro atoms. The first kappa shape index (κ1) is 24.2. The van der Waals surface area contributed by atoms with Gasteiger partial charge in [-0.3, -0.25) is 4.79 Å². The van der Waals surface area contributed by atoms with Crippen LogP contribution >= 0.6 is 0 Å². The average molecular weight is 438 g/mol. The van der Waals surface area contributed by atoms with Crippen molar-refractivity contribution < 1.29 is 29.3 Å². The molecule has 31 heavy (non-hydrogen) atoms. The van der Waals surface area contributed by atoms with Crippen molar-refractivity contribution in [3.8, 4) is 0 Å². The summed E-state index contributed by atoms with van der Waals surface area (Å²) in [5.74, 6) is -0.593. The summed E-state index contributed by atoms with van der Waals surface area (Å²) in [6.07, 6.45) is 3.68. The predicted octanol–water partition coefficient (Wildman–Crippen LogP) is 2.06. The number of methoxy groups -OCH3 is 1. The normalized spacial score (nSPS) is 43.6. The molecular weight excluding hydrogens is 398 g/mol. The fourth-order valence-electron chi connectivity index (χ4n) is 7.05. The Morgan fingerprint density at radius 1 is 1.26 bits per heavy atom. The number of hydrogen-bond acceptors (Lipinski definition) is 7. The van der Waals surface area contributed by atoms with Crippen LogP contribution in [0.2, 0.25) is 0 Å². The Hall–Kier alpha value is -1.44. The summed E-state index contributed by atoms with van der Waals surface area (Å²) in [6.45, 7) is 7.06. The van der Waals surface area contributed by atoms with Crippen LogP contribution in [0.1, 0.15) is 52.9 Å². The number of esters is 2. The second-order valence-corrected chi connectivity index (χ2v) is 10.2. The SMILES string of the molecule is CNCCOC(=O)C=C1CCC2C(C(O)CC3C2(C)CCC(O)C3(C)C(=O)OC)C1C. The lowest BCUT2D eigenvalue weighted by atomic mass is 9.42. The van der Waals surface area contributed by atoms with Gasteiger partial charge in [0.1, 0.15) is 6.61 Å². The lowest BCUT2D eigenvalue weighted by Gasteiger charge is -2.63. The highest BCUT2D eigenvalue weighted by atomic mass is 16.5. The predicted molar refractivity (Wildman–Crippen MR) is 116 cm³/mol. The first-order valence-electron chi connectivity index (χ1n) is 11.6. The average Bonchev–Trinajstić information content (AvgIpc) is 2.74. The molecule has 3 saturated carbocycles. The largest absolute Gasteiger partial charge is 0.469 e. The molecule has 0 amide bonds. The molecule has 0 saturated heterocycles. The van der Waals surface area contributed by atoms with Crippen molar-refractivity contribution in [1.82, 2.24) is 5.32 Å². The summed E-state index contributed by atoms with van der Waals surface area (Å²) >= 11 is 0. The molecule has 3 rings (SSSR count). The number of likely N-dealkylation sites (N-methyl/N-ethyl adjacent to an activating group) is 1. The van der Waals surface area contributed by atoms with Gasteiger partial charge in [0.15, 0.2) is 0 Å². The summed E-state index contributed by atoms with van der Waals surface area (Å²) in [5.41, 5.74) is -0.174. The lowest BCUT2D eigenvalue weighted by molar-refractivity contribution is -0.211. The zero-order chi connectivity index (χ0) is 23.0. The van der Waals surface area contributed by atoms with Crippen LogP contribution in [-0.2, 0) is 19.1 Å². The van der Waals surface area contributed by atoms with E-state index < -0.39 is 23.6 Å². The smallest absolute Gasteiger partial charge is 0.330 e. The van der Waals surface area contributed by atoms with Crippen LogP contribution in [0.5, 0.6) is 0 Å². The highest BCUT2D eigenvalue weighted by Crippen LogP contribution is 2.65. The van der Waals surface area contributed by atoms with E-state index in [1.807, 2.05) is 7.05 Å². The maximum Gasteiger partial charge on any atom is 0.330 e. The second kappa shape index (κ2) is 9.20. The van der Waals surface area contributed by atoms with Gasteiger partial charge in [-0.15, -0.1) is 0 Å². The van der Waals surface area contributed by atoms with Crippen LogP contribution < -0.4 is 5.32 Å². The maximum absolute atomic E-state index is 12.8. The monoisotopic (exact) mass is 437 g/mol. The molecule has 3 aliphatic carbocycles. The Labute approximate surface area is 185 Å². The number of carbonyl (C=O) groups is 2. The molecule has 8 unspecified atom stereocenters. The van der Waals surface area contributed by atoms with E-state index in [1.54, 1.807) is 13.0 Å². The molecule has 0 aromatic rings. The Bertz CT molecular complexity index is 723. The third-order valence-corrected chi connectivity index (χ3v) is 8.83. The molecule has 176 valence electrons. The van der Waals surface area contributed by atoms with Crippen molar-refractivity contribution in [3.05, 3.63) is 11.6 Å². The van der Waals surface area contributed by atoms with E-state index in [-0.39, 0.29) is 35.1 Å². The zero-order valence-electron chi connectivity index (χ0n) is 19.5. The van der Waals surface area contributed by atoms with E-state index in [0.29, 0.717) is 26.0 Å². The lowest BCUT2D eigenvalue weighted by Crippen LogP contribution is -2.64. The van der Waals surface area contributed by atoms with E-state index in [9.17, 15) is 19.8 Å². The van der Waals surface area contributed by atoms with Gasteiger partial charge in [0.2, 0.25) is 0 Å². The molecule has 8 atom stereocenters. The van der Waals surface area contributed by atoms with Gasteiger partial charge in [-0.25, -0.2) is 4.79 Å². The molecule has 0 aliphatic heterocycles. The van der Waals surface area contributed by atoms with Crippen molar-refractivity contribution in [1.29, 1.82) is 0 Å². The number of hydrogen-bond donors (Lipinski definition) is 3. The Morgan fingerprint density at radius 2 is 1.97 bits per heavy atom. The third kappa shape index (κ3) is 4.05. The number of aliphatic hydroxyl groups excluding tert-OH is 2. The standard InChI is InChI=1S/C24H39NO6/c1-14-15(12-20(28)31-11-10-25-4)6-7-16-21(14)17(26)13-18-23(16,2)9-8-19(27)24(18,3)22(29)30-5/h12,14,16-19,21,25-27H,6-11,13H2,1-5H3. The maximum atomic E-state index is 12.8. The summed E-state index contributed by atoms with van der Waals surface area (Å²) in [5, 5.41) is 25.0. The highest BCUT2D eigenvalue weighted by Gasteiger charge is 2.65. The van der Waals surface area contributed by atoms with Gasteiger partial charge in [-0.2, -0.15) is 0 Å². The van der Waals surface area contributed by atoms with Crippen molar-refractivity contribution >= 4 is 11.9 Å². The number of ether oxygens (including phenoxy) is 2. The van der Waals surface area contributed by atoms with Crippen molar-refractivity contribution in [2.24, 2.45) is 34.5 Å². The number of allylic oxidation sites excluding steroid dienone is 1. The number of fused-ring (bicyclic) bond motifs is 3. The summed E-state index contributed by atoms with van der Waals surface area (Å²) in [6, 6.07) is 0. The van der Waals surface area contributed by atoms with Crippen LogP contribution in [-0.4, -0.2) is 61.7 Å². The topological polar surface area (TPSA) is 105 Å². The molecule has 0 heterocycles. The van der Waals surface area contributed by atoms with Crippen LogP contribution in [0.25, 0.3) is 0 Å². The number of aliphatic hydroxyl groups is 2. The minimum Gasteiger partial charge on any atom is -0.469 e. The van der Waals surface area contributed by atoms with E-state index in [4.69, 9.17) is 9.47 Å². The number of rotatable bonds is 5. The molecule has 0 bridgehead atoms. The number of nitrogens with one attached hydrogen (secondary N) is 1. The van der Waals surface area contributed by atoms with Gasteiger partial charge in [-0.05, 0) is 75.2 Å². The minimum atomic E-state index is -1.02. The van der Waals surface area contributed by atoms with Gasteiger partial charge in [0.25, 0.3) is 0 Å². The molecule has 7 nitrogen and oxygen atoms in total. The second-order valence-electron chi connectivity index (χ2n) is 10.2. The van der Waals surface area contributed by atoms with E-state index >= 15 is 0 Å². The Kier molecular flexibility index (Phi) is 7.18. The van der Waals surface area contributed by atoms with E-state index in [2.05, 4.69) is 19.2 Å². The van der Waals surface area contributed by atoms with Crippen molar-refractivity contribution in [2.45, 2.75) is 65.1 Å². The van der Waals surface area contributed by atoms with Gasteiger partial charge >= 0.3 is 11.9 Å². The number of carbonyl (C=O) groups excluding carboxylic acids is 2. The molecule has 7 heteroatoms. The third-order valence-electron chi connectivity index (χ3n) is 8.83. The molecule has 0 radical (unpaired) electrons. The van der Waals surface area contributed by atoms with Crippen molar-refractivity contribution in [2.75, 3.05) is 27.3 Å². The quantitative estimate of drug-likeness (QED) is 0.343. The zero-order valence-corrected chi connectivity index (χ0v) is 19.5. The van der Waals surface area contributed by atoms with Gasteiger partial charge in [0, 0.05) is 12.6 Å². The molecule has 0 aromatic heterocycles. The fourth-order valence-corrected chi connectivity index (χ4v) is 7.05. The Morgan fingerprint density at radius 3 is 2.61 bits per heavy atom. The van der Waals surface area contributed by atoms with Gasteiger partial charge in [-0.1, -0.05) is 19.4 Å². The van der Waals surface area contributed by atoms with Crippen molar-refractivity contribution in [3.63, 3.8) is 0 Å². The van der Waals surface area contributed by atoms with Gasteiger partial charge < -0.3 is 25.0 Å². The first-order chi connectivity index (χ1) is 14.6. The van der Waals surface area contributed by atoms with Gasteiger partial charge in [0.05, 0.1) is 24.7 Å². The van der Waals surface area contributed by atoms with Crippen LogP contribution in [0.3, 0.4) is 0 Å². The summed E-state index contributed by atoms with van der Waals surface area (Å²) in [7, 11) is 3.17. The minimum absolute atomic E-state index is 0.0171. The molecular formula is C24H39NO6. The molecule has 3 fully saturated rings. The van der Waals surface area contributed by atoms with Crippen LogP contribution in [0.15, 0.2) is 11.6 Å². The highest BCUT2D eigenvalue weighted by molar-refractivity contribution is 5.83. The molecule has 3 N–H and O–H groups in total. The summed E-state index contributed by atoms with van der Waals surface area (Å²) < 4.78 is 10.4. The van der Waals surface area contributed by atoms with Crippen LogP contribution in [0.4, 0.5) is 0 Å². The van der Waals surface area contributed by atoms with Crippen LogP contribution in [0, 0.1) is 34.5 Å². The molecule has 3 aliphatic rings. The summed E-state index contributed by atoms with van der Waals surface area (Å²) in [4.78, 5) is 25.0. The first-order valence-corrected chi connectivity index (χ1v) is 11.6. The molecule has 0 aromatic carbocycles. The van der Waals surface area contributed by atoms with E-state index in [1.165, 1.54) is 7.11 Å². The fraction of sp³-hybridized carbons (Fsp3) is 0.833. The van der Waals surface area contributed by atoms with E-state index in [0.717, 1.165) is 24.8 Å². The Balaban J connectivity index is 1.86.